The molecule has 2 aromatic carbocycles. The first-order chi connectivity index (χ1) is 9.33. The lowest BCUT2D eigenvalue weighted by molar-refractivity contribution is 1.46. The fraction of sp³-hybridized carbons (Fsp3) is 0. The number of hydrogen-bond donors (Lipinski definition) is 0. The number of benzene rings is 2. The van der Waals surface area contributed by atoms with Gasteiger partial charge in [0, 0.05) is 0 Å². The number of hydrogen-bond acceptors (Lipinski definition) is 2. The zero-order valence-electron chi connectivity index (χ0n) is 9.96. The Morgan fingerprint density at radius 2 is 1.05 bits per heavy atom. The average molecular weight is 266 g/mol. The molecule has 0 fully saturated rings. The normalized spacial score (nSPS) is 10.1. The van der Waals surface area contributed by atoms with Crippen LogP contribution in [0.5, 0.6) is 0 Å². The summed E-state index contributed by atoms with van der Waals surface area (Å²) in [5.41, 5.74) is 17.7. The van der Waals surface area contributed by atoms with Gasteiger partial charge in [-0.25, -0.2) is 0 Å². The Morgan fingerprint density at radius 3 is 1.37 bits per heavy atom. The van der Waals surface area contributed by atoms with Gasteiger partial charge in [-0.2, -0.15) is 0 Å². The van der Waals surface area contributed by atoms with Gasteiger partial charge in [-0.15, -0.1) is 9.56 Å². The summed E-state index contributed by atoms with van der Waals surface area (Å²) < 4.78 is 7.77. The molecule has 0 aliphatic heterocycles. The van der Waals surface area contributed by atoms with Crippen LogP contribution < -0.4 is 10.4 Å². The van der Waals surface area contributed by atoms with Crippen LogP contribution in [0.1, 0.15) is 0 Å². The molecule has 0 radical (unpaired) electrons. The fourth-order valence-electron chi connectivity index (χ4n) is 1.89. The summed E-state index contributed by atoms with van der Waals surface area (Å²) in [5.74, 6) is 0. The van der Waals surface area contributed by atoms with Gasteiger partial charge in [-0.1, -0.05) is 60.7 Å². The van der Waals surface area contributed by atoms with Crippen molar-refractivity contribution in [3.05, 3.63) is 81.5 Å². The predicted octanol–water partition coefficient (Wildman–Crippen LogP) is 2.86. The highest BCUT2D eigenvalue weighted by atomic mass is 28.3. The molecule has 0 heterocycles. The van der Waals surface area contributed by atoms with E-state index in [4.69, 9.17) is 11.1 Å². The molecule has 0 bridgehead atoms. The third-order valence-corrected chi connectivity index (χ3v) is 5.77. The Balaban J connectivity index is 2.75. The fourth-order valence-corrected chi connectivity index (χ4v) is 4.30. The van der Waals surface area contributed by atoms with Crippen molar-refractivity contribution < 1.29 is 0 Å². The molecule has 7 heteroatoms. The highest BCUT2D eigenvalue weighted by molar-refractivity contribution is 6.99. The second-order valence-electron chi connectivity index (χ2n) is 3.78. The van der Waals surface area contributed by atoms with E-state index in [0.29, 0.717) is 0 Å². The monoisotopic (exact) mass is 266 g/mol. The molecule has 0 saturated heterocycles. The van der Waals surface area contributed by atoms with Gasteiger partial charge in [-0.05, 0) is 31.3 Å². The van der Waals surface area contributed by atoms with E-state index in [1.807, 2.05) is 60.7 Å². The van der Waals surface area contributed by atoms with Gasteiger partial charge in [-0.3, -0.25) is 0 Å². The zero-order valence-corrected chi connectivity index (χ0v) is 11.0. The second-order valence-corrected chi connectivity index (χ2v) is 6.68. The molecule has 0 amide bonds. The molecule has 2 rings (SSSR count). The van der Waals surface area contributed by atoms with Crippen molar-refractivity contribution in [2.45, 2.75) is 0 Å². The molecular weight excluding hydrogens is 256 g/mol. The lowest BCUT2D eigenvalue weighted by Crippen LogP contribution is -2.55. The van der Waals surface area contributed by atoms with E-state index in [-0.39, 0.29) is 0 Å². The molecule has 92 valence electrons. The largest absolute Gasteiger partial charge is 0.314 e. The summed E-state index contributed by atoms with van der Waals surface area (Å²) in [6.45, 7) is 0. The number of nitrogens with zero attached hydrogens (tertiary/aromatic N) is 6. The molecule has 19 heavy (non-hydrogen) atoms. The van der Waals surface area contributed by atoms with Crippen LogP contribution in [-0.4, -0.2) is 8.40 Å². The molecule has 6 nitrogen and oxygen atoms in total. The van der Waals surface area contributed by atoms with Gasteiger partial charge in [0.1, 0.15) is 0 Å². The van der Waals surface area contributed by atoms with Gasteiger partial charge >= 0.3 is 8.40 Å². The van der Waals surface area contributed by atoms with E-state index in [0.717, 1.165) is 10.4 Å². The minimum absolute atomic E-state index is 0.761. The molecule has 0 aliphatic carbocycles. The maximum Gasteiger partial charge on any atom is 0.314 e. The minimum Gasteiger partial charge on any atom is -0.106 e. The quantitative estimate of drug-likeness (QED) is 0.352. The maximum atomic E-state index is 8.86. The van der Waals surface area contributed by atoms with Crippen molar-refractivity contribution in [1.82, 2.24) is 0 Å². The first-order valence-electron chi connectivity index (χ1n) is 5.57. The van der Waals surface area contributed by atoms with Crippen molar-refractivity contribution >= 4 is 18.8 Å². The summed E-state index contributed by atoms with van der Waals surface area (Å²) in [5, 5.41) is 1.52. The zero-order chi connectivity index (χ0) is 13.6. The van der Waals surface area contributed by atoms with Crippen molar-refractivity contribution in [3.63, 3.8) is 0 Å². The summed E-state index contributed by atoms with van der Waals surface area (Å²) in [6, 6.07) is 18.3. The molecule has 0 N–H and O–H groups in total. The van der Waals surface area contributed by atoms with Crippen LogP contribution in [0.25, 0.3) is 20.9 Å². The standard InChI is InChI=1S/C12H10N6Si/c13-15-17-19(18-16-14,11-7-3-1-4-8-11)12-9-5-2-6-10-12/h1-10H. The third kappa shape index (κ3) is 2.43. The minimum atomic E-state index is -3.13. The van der Waals surface area contributed by atoms with E-state index in [2.05, 4.69) is 19.4 Å². The Bertz CT molecular complexity index is 585. The topological polar surface area (TPSA) is 97.5 Å². The van der Waals surface area contributed by atoms with E-state index in [1.165, 1.54) is 0 Å². The summed E-state index contributed by atoms with van der Waals surface area (Å²) in [4.78, 5) is 5.80. The first-order valence-corrected chi connectivity index (χ1v) is 7.46. The van der Waals surface area contributed by atoms with Crippen LogP contribution in [0.2, 0.25) is 0 Å². The summed E-state index contributed by atoms with van der Waals surface area (Å²) in [7, 11) is -3.13. The lowest BCUT2D eigenvalue weighted by atomic mass is 10.4. The number of azide groups is 1. The van der Waals surface area contributed by atoms with Crippen LogP contribution in [0, 0.1) is 0 Å². The Labute approximate surface area is 110 Å². The Kier molecular flexibility index (Phi) is 3.85. The van der Waals surface area contributed by atoms with Crippen molar-refractivity contribution in [1.29, 1.82) is 0 Å². The summed E-state index contributed by atoms with van der Waals surface area (Å²) >= 11 is 0. The molecule has 0 unspecified atom stereocenters. The Morgan fingerprint density at radius 1 is 0.684 bits per heavy atom. The average Bonchev–Trinajstić information content (AvgIpc) is 2.49. The van der Waals surface area contributed by atoms with Crippen LogP contribution in [0.15, 0.2) is 70.2 Å². The molecule has 0 saturated carbocycles. The lowest BCUT2D eigenvalue weighted by Gasteiger charge is -2.21. The van der Waals surface area contributed by atoms with Gasteiger partial charge in [0.25, 0.3) is 0 Å². The molecular formula is C12H10N6Si. The van der Waals surface area contributed by atoms with Gasteiger partial charge in [0.15, 0.2) is 0 Å². The van der Waals surface area contributed by atoms with Crippen molar-refractivity contribution in [2.24, 2.45) is 9.56 Å². The van der Waals surface area contributed by atoms with E-state index in [1.54, 1.807) is 0 Å². The molecule has 0 aliphatic rings. The third-order valence-electron chi connectivity index (χ3n) is 2.73. The van der Waals surface area contributed by atoms with Crippen LogP contribution in [0.3, 0.4) is 0 Å². The van der Waals surface area contributed by atoms with Gasteiger partial charge in [0.2, 0.25) is 0 Å². The molecule has 0 aromatic heterocycles. The smallest absolute Gasteiger partial charge is 0.106 e. The molecule has 2 aromatic rings. The van der Waals surface area contributed by atoms with Crippen molar-refractivity contribution in [3.8, 4) is 0 Å². The van der Waals surface area contributed by atoms with E-state index in [9.17, 15) is 0 Å². The highest BCUT2D eigenvalue weighted by Gasteiger charge is 2.36. The first kappa shape index (κ1) is 12.7. The summed E-state index contributed by atoms with van der Waals surface area (Å²) in [6.07, 6.45) is 0. The Hall–Kier alpha value is -2.72. The second kappa shape index (κ2) is 5.75. The SMILES string of the molecule is [N-]=[N+]=N[Si](N=[N+]=[N-])(c1ccccc1)c1ccccc1. The maximum absolute atomic E-state index is 8.86. The van der Waals surface area contributed by atoms with Crippen molar-refractivity contribution in [2.75, 3.05) is 0 Å². The molecule has 0 spiro atoms. The number of rotatable bonds is 4. The van der Waals surface area contributed by atoms with Crippen LogP contribution >= 0.6 is 0 Å². The van der Waals surface area contributed by atoms with Crippen LogP contribution in [-0.2, 0) is 0 Å². The molecule has 0 atom stereocenters. The van der Waals surface area contributed by atoms with Crippen LogP contribution in [0.4, 0.5) is 0 Å². The van der Waals surface area contributed by atoms with Gasteiger partial charge in [0.05, 0.1) is 0 Å². The highest BCUT2D eigenvalue weighted by Crippen LogP contribution is 2.10. The van der Waals surface area contributed by atoms with Gasteiger partial charge < -0.3 is 0 Å². The predicted molar refractivity (Wildman–Crippen MR) is 76.2 cm³/mol. The van der Waals surface area contributed by atoms with E-state index >= 15 is 0 Å². The van der Waals surface area contributed by atoms with E-state index < -0.39 is 8.40 Å².